The van der Waals surface area contributed by atoms with Crippen LogP contribution < -0.4 is 0 Å². The average molecular weight is 310 g/mol. The van der Waals surface area contributed by atoms with Crippen LogP contribution in [-0.4, -0.2) is 27.5 Å². The second kappa shape index (κ2) is 6.37. The Bertz CT molecular complexity index is 578. The number of nitrogens with zero attached hydrogens (tertiary/aromatic N) is 3. The Morgan fingerprint density at radius 1 is 1.30 bits per heavy atom. The molecule has 0 spiro atoms. The zero-order chi connectivity index (χ0) is 13.9. The normalized spacial score (nSPS) is 17.1. The highest BCUT2D eigenvalue weighted by atomic mass is 35.5. The van der Waals surface area contributed by atoms with Gasteiger partial charge < -0.3 is 0 Å². The van der Waals surface area contributed by atoms with E-state index in [9.17, 15) is 0 Å². The predicted molar refractivity (Wildman–Crippen MR) is 85.4 cm³/mol. The number of thiophene rings is 1. The molecule has 0 bridgehead atoms. The fourth-order valence-electron chi connectivity index (χ4n) is 3.06. The summed E-state index contributed by atoms with van der Waals surface area (Å²) in [5.41, 5.74) is 0. The second-order valence-electron chi connectivity index (χ2n) is 5.43. The minimum absolute atomic E-state index is 0.589. The molecule has 1 fully saturated rings. The van der Waals surface area contributed by atoms with Crippen molar-refractivity contribution in [2.45, 2.75) is 51.6 Å². The van der Waals surface area contributed by atoms with Crippen LogP contribution in [0, 0.1) is 0 Å². The van der Waals surface area contributed by atoms with Gasteiger partial charge in [0.05, 0.1) is 6.54 Å². The van der Waals surface area contributed by atoms with Crippen LogP contribution in [0.15, 0.2) is 11.4 Å². The molecule has 1 aliphatic rings. The third-order valence-corrected chi connectivity index (χ3v) is 5.26. The topological polar surface area (TPSA) is 29.0 Å². The first kappa shape index (κ1) is 14.2. The standard InChI is InChI=1S/C15H20ClN3S/c1-2-19(11-6-4-3-5-7-11)10-13-17-14(16)12-8-9-20-15(12)18-13/h8-9,11H,2-7,10H2,1H3. The Morgan fingerprint density at radius 2 is 2.10 bits per heavy atom. The van der Waals surface area contributed by atoms with Crippen molar-refractivity contribution >= 4 is 33.2 Å². The van der Waals surface area contributed by atoms with Gasteiger partial charge in [0.15, 0.2) is 0 Å². The van der Waals surface area contributed by atoms with E-state index in [0.717, 1.165) is 29.1 Å². The largest absolute Gasteiger partial charge is 0.293 e. The Balaban J connectivity index is 1.79. The molecule has 2 aromatic heterocycles. The number of halogens is 1. The smallest absolute Gasteiger partial charge is 0.145 e. The zero-order valence-electron chi connectivity index (χ0n) is 11.8. The summed E-state index contributed by atoms with van der Waals surface area (Å²) < 4.78 is 0. The molecule has 0 saturated heterocycles. The molecule has 1 aliphatic carbocycles. The molecule has 108 valence electrons. The number of rotatable bonds is 4. The van der Waals surface area contributed by atoms with Crippen LogP contribution in [0.5, 0.6) is 0 Å². The van der Waals surface area contributed by atoms with E-state index in [2.05, 4.69) is 21.8 Å². The highest BCUT2D eigenvalue weighted by molar-refractivity contribution is 7.16. The third kappa shape index (κ3) is 2.97. The number of hydrogen-bond donors (Lipinski definition) is 0. The first-order chi connectivity index (χ1) is 9.78. The maximum Gasteiger partial charge on any atom is 0.145 e. The lowest BCUT2D eigenvalue weighted by Crippen LogP contribution is -2.36. The fourth-order valence-corrected chi connectivity index (χ4v) is 4.15. The fraction of sp³-hybridized carbons (Fsp3) is 0.600. The van der Waals surface area contributed by atoms with Crippen molar-refractivity contribution in [2.75, 3.05) is 6.54 Å². The van der Waals surface area contributed by atoms with Gasteiger partial charge >= 0.3 is 0 Å². The van der Waals surface area contributed by atoms with Gasteiger partial charge in [-0.1, -0.05) is 37.8 Å². The average Bonchev–Trinajstić information content (AvgIpc) is 2.94. The Morgan fingerprint density at radius 3 is 2.85 bits per heavy atom. The van der Waals surface area contributed by atoms with E-state index >= 15 is 0 Å². The number of fused-ring (bicyclic) bond motifs is 1. The summed E-state index contributed by atoms with van der Waals surface area (Å²) in [5.74, 6) is 0.859. The molecule has 0 amide bonds. The molecule has 0 unspecified atom stereocenters. The summed E-state index contributed by atoms with van der Waals surface area (Å²) in [5, 5.41) is 3.58. The minimum Gasteiger partial charge on any atom is -0.293 e. The molecule has 0 N–H and O–H groups in total. The van der Waals surface area contributed by atoms with Crippen molar-refractivity contribution in [3.8, 4) is 0 Å². The van der Waals surface area contributed by atoms with E-state index < -0.39 is 0 Å². The van der Waals surface area contributed by atoms with Gasteiger partial charge in [0, 0.05) is 11.4 Å². The van der Waals surface area contributed by atoms with Crippen LogP contribution >= 0.6 is 22.9 Å². The summed E-state index contributed by atoms with van der Waals surface area (Å²) in [4.78, 5) is 12.6. The molecule has 0 atom stereocenters. The molecular weight excluding hydrogens is 290 g/mol. The first-order valence-electron chi connectivity index (χ1n) is 7.41. The molecule has 0 aliphatic heterocycles. The van der Waals surface area contributed by atoms with E-state index in [1.807, 2.05) is 11.4 Å². The van der Waals surface area contributed by atoms with Gasteiger partial charge in [-0.2, -0.15) is 0 Å². The van der Waals surface area contributed by atoms with Crippen LogP contribution in [0.25, 0.3) is 10.2 Å². The summed E-state index contributed by atoms with van der Waals surface area (Å²) in [6, 6.07) is 2.68. The Kier molecular flexibility index (Phi) is 4.54. The molecule has 0 radical (unpaired) electrons. The zero-order valence-corrected chi connectivity index (χ0v) is 13.4. The van der Waals surface area contributed by atoms with Crippen LogP contribution in [0.3, 0.4) is 0 Å². The van der Waals surface area contributed by atoms with Crippen LogP contribution in [0.1, 0.15) is 44.9 Å². The third-order valence-electron chi connectivity index (χ3n) is 4.17. The van der Waals surface area contributed by atoms with Gasteiger partial charge in [0.2, 0.25) is 0 Å². The lowest BCUT2D eigenvalue weighted by molar-refractivity contribution is 0.152. The lowest BCUT2D eigenvalue weighted by atomic mass is 9.94. The molecule has 3 nitrogen and oxygen atoms in total. The minimum atomic E-state index is 0.589. The highest BCUT2D eigenvalue weighted by Gasteiger charge is 2.21. The van der Waals surface area contributed by atoms with Crippen molar-refractivity contribution in [3.63, 3.8) is 0 Å². The summed E-state index contributed by atoms with van der Waals surface area (Å²) in [7, 11) is 0. The van der Waals surface area contributed by atoms with Gasteiger partial charge in [-0.3, -0.25) is 4.90 Å². The molecule has 2 aromatic rings. The van der Waals surface area contributed by atoms with Crippen molar-refractivity contribution in [3.05, 3.63) is 22.4 Å². The summed E-state index contributed by atoms with van der Waals surface area (Å²) >= 11 is 7.88. The summed E-state index contributed by atoms with van der Waals surface area (Å²) in [6.07, 6.45) is 6.71. The van der Waals surface area contributed by atoms with Crippen molar-refractivity contribution in [1.29, 1.82) is 0 Å². The van der Waals surface area contributed by atoms with Gasteiger partial charge in [-0.15, -0.1) is 11.3 Å². The quantitative estimate of drug-likeness (QED) is 0.779. The van der Waals surface area contributed by atoms with E-state index in [4.69, 9.17) is 11.6 Å². The van der Waals surface area contributed by atoms with Gasteiger partial charge in [0.1, 0.15) is 15.8 Å². The molecular formula is C15H20ClN3S. The van der Waals surface area contributed by atoms with Gasteiger partial charge in [-0.25, -0.2) is 9.97 Å². The Hall–Kier alpha value is -0.710. The lowest BCUT2D eigenvalue weighted by Gasteiger charge is -2.32. The van der Waals surface area contributed by atoms with Gasteiger partial charge in [0.25, 0.3) is 0 Å². The number of hydrogen-bond acceptors (Lipinski definition) is 4. The van der Waals surface area contributed by atoms with Crippen molar-refractivity contribution in [1.82, 2.24) is 14.9 Å². The first-order valence-corrected chi connectivity index (χ1v) is 8.67. The SMILES string of the molecule is CCN(Cc1nc(Cl)c2ccsc2n1)C1CCCCC1. The molecule has 3 rings (SSSR count). The van der Waals surface area contributed by atoms with Crippen molar-refractivity contribution < 1.29 is 0 Å². The number of aromatic nitrogens is 2. The second-order valence-corrected chi connectivity index (χ2v) is 6.68. The predicted octanol–water partition coefficient (Wildman–Crippen LogP) is 4.50. The van der Waals surface area contributed by atoms with Crippen LogP contribution in [0.2, 0.25) is 5.15 Å². The van der Waals surface area contributed by atoms with E-state index in [1.165, 1.54) is 32.1 Å². The Labute approximate surface area is 129 Å². The molecule has 1 saturated carbocycles. The maximum atomic E-state index is 6.25. The monoisotopic (exact) mass is 309 g/mol. The van der Waals surface area contributed by atoms with E-state index in [1.54, 1.807) is 11.3 Å². The van der Waals surface area contributed by atoms with Crippen molar-refractivity contribution in [2.24, 2.45) is 0 Å². The molecule has 2 heterocycles. The maximum absolute atomic E-state index is 6.25. The van der Waals surface area contributed by atoms with E-state index in [0.29, 0.717) is 11.2 Å². The van der Waals surface area contributed by atoms with E-state index in [-0.39, 0.29) is 0 Å². The molecule has 5 heteroatoms. The molecule has 20 heavy (non-hydrogen) atoms. The van der Waals surface area contributed by atoms with Gasteiger partial charge in [-0.05, 0) is 30.8 Å². The van der Waals surface area contributed by atoms with Crippen LogP contribution in [-0.2, 0) is 6.54 Å². The highest BCUT2D eigenvalue weighted by Crippen LogP contribution is 2.27. The summed E-state index contributed by atoms with van der Waals surface area (Å²) in [6.45, 7) is 4.09. The van der Waals surface area contributed by atoms with Crippen LogP contribution in [0.4, 0.5) is 0 Å². The molecule has 0 aromatic carbocycles.